The van der Waals surface area contributed by atoms with Gasteiger partial charge in [0, 0.05) is 28.6 Å². The number of carbonyl (C=O) groups excluding carboxylic acids is 1. The second kappa shape index (κ2) is 8.46. The van der Waals surface area contributed by atoms with E-state index in [0.717, 1.165) is 12.3 Å². The van der Waals surface area contributed by atoms with Crippen molar-refractivity contribution in [2.45, 2.75) is 19.1 Å². The van der Waals surface area contributed by atoms with Crippen molar-refractivity contribution in [1.29, 1.82) is 0 Å². The number of aromatic nitrogens is 4. The third kappa shape index (κ3) is 4.90. The van der Waals surface area contributed by atoms with Crippen LogP contribution in [0.25, 0.3) is 10.9 Å². The van der Waals surface area contributed by atoms with E-state index in [0.29, 0.717) is 4.68 Å². The van der Waals surface area contributed by atoms with Crippen molar-refractivity contribution in [2.75, 3.05) is 31.6 Å². The number of carbonyl (C=O) groups is 1. The van der Waals surface area contributed by atoms with Gasteiger partial charge in [-0.2, -0.15) is 18.3 Å². The SMILES string of the molecule is [2H]C1([2H])COCCN(C(=O)c2cc3c(cn2)c(Nc2ccc(F)cn2)nn3CC(F)(F)F)C1. The molecule has 0 radical (unpaired) electrons. The summed E-state index contributed by atoms with van der Waals surface area (Å²) in [5, 5.41) is 6.87. The van der Waals surface area contributed by atoms with Crippen LogP contribution in [0.5, 0.6) is 0 Å². The summed E-state index contributed by atoms with van der Waals surface area (Å²) < 4.78 is 74.2. The summed E-state index contributed by atoms with van der Waals surface area (Å²) in [6.07, 6.45) is -4.21. The summed E-state index contributed by atoms with van der Waals surface area (Å²) in [6, 6.07) is 3.61. The highest BCUT2D eigenvalue weighted by atomic mass is 19.4. The second-order valence-corrected chi connectivity index (χ2v) is 6.72. The lowest BCUT2D eigenvalue weighted by Crippen LogP contribution is -2.33. The van der Waals surface area contributed by atoms with E-state index in [-0.39, 0.29) is 54.5 Å². The molecular weight excluding hydrogens is 420 g/mol. The fourth-order valence-electron chi connectivity index (χ4n) is 3.05. The molecule has 0 atom stereocenters. The minimum atomic E-state index is -4.59. The molecule has 8 nitrogen and oxygen atoms in total. The Kier molecular flexibility index (Phi) is 5.04. The maximum absolute atomic E-state index is 13.1. The van der Waals surface area contributed by atoms with E-state index in [1.165, 1.54) is 23.2 Å². The fraction of sp³-hybridized carbons (Fsp3) is 0.368. The minimum absolute atomic E-state index is 0.000590. The minimum Gasteiger partial charge on any atom is -0.380 e. The summed E-state index contributed by atoms with van der Waals surface area (Å²) in [6.45, 7) is -1.59. The molecule has 1 fully saturated rings. The van der Waals surface area contributed by atoms with Crippen molar-refractivity contribution in [1.82, 2.24) is 24.6 Å². The molecule has 3 aromatic heterocycles. The summed E-state index contributed by atoms with van der Waals surface area (Å²) in [4.78, 5) is 22.0. The smallest absolute Gasteiger partial charge is 0.380 e. The largest absolute Gasteiger partial charge is 0.408 e. The van der Waals surface area contributed by atoms with Crippen LogP contribution in [0.1, 0.15) is 19.6 Å². The molecule has 1 amide bonds. The summed E-state index contributed by atoms with van der Waals surface area (Å²) in [5.74, 6) is -1.07. The number of hydrogen-bond donors (Lipinski definition) is 1. The van der Waals surface area contributed by atoms with Gasteiger partial charge < -0.3 is 15.0 Å². The standard InChI is InChI=1S/C19H18F4N6O2/c20-12-2-3-16(25-9-12)26-17-13-10-24-14(18(30)28-4-1-6-31-7-5-28)8-15(13)29(27-17)11-19(21,22)23/h2-3,8-10H,1,4-7,11H2,(H,25,26,27)/i1D2. The van der Waals surface area contributed by atoms with Gasteiger partial charge in [-0.15, -0.1) is 0 Å². The highest BCUT2D eigenvalue weighted by Gasteiger charge is 2.30. The number of amides is 1. The van der Waals surface area contributed by atoms with Gasteiger partial charge in [0.05, 0.1) is 23.7 Å². The van der Waals surface area contributed by atoms with Crippen LogP contribution in [-0.4, -0.2) is 63.0 Å². The van der Waals surface area contributed by atoms with Gasteiger partial charge in [0.2, 0.25) is 0 Å². The number of halogens is 4. The lowest BCUT2D eigenvalue weighted by atomic mass is 10.2. The van der Waals surface area contributed by atoms with Crippen molar-refractivity contribution in [2.24, 2.45) is 0 Å². The van der Waals surface area contributed by atoms with Crippen LogP contribution in [0.3, 0.4) is 0 Å². The first kappa shape index (κ1) is 18.5. The molecule has 4 rings (SSSR count). The first-order valence-electron chi connectivity index (χ1n) is 10.2. The second-order valence-electron chi connectivity index (χ2n) is 6.72. The molecule has 3 aromatic rings. The van der Waals surface area contributed by atoms with Gasteiger partial charge in [0.25, 0.3) is 5.91 Å². The van der Waals surface area contributed by atoms with Gasteiger partial charge in [0.15, 0.2) is 5.82 Å². The fourth-order valence-corrected chi connectivity index (χ4v) is 3.05. The van der Waals surface area contributed by atoms with Gasteiger partial charge in [-0.3, -0.25) is 14.5 Å². The molecule has 1 N–H and O–H groups in total. The highest BCUT2D eigenvalue weighted by Crippen LogP contribution is 2.28. The van der Waals surface area contributed by atoms with Crippen LogP contribution in [0.15, 0.2) is 30.6 Å². The lowest BCUT2D eigenvalue weighted by molar-refractivity contribution is -0.141. The summed E-state index contributed by atoms with van der Waals surface area (Å²) in [7, 11) is 0. The zero-order chi connectivity index (χ0) is 23.8. The first-order valence-corrected chi connectivity index (χ1v) is 9.20. The van der Waals surface area contributed by atoms with Gasteiger partial charge in [-0.1, -0.05) is 0 Å². The molecule has 0 saturated carbocycles. The Labute approximate surface area is 176 Å². The molecule has 4 heterocycles. The predicted octanol–water partition coefficient (Wildman–Crippen LogP) is 3.13. The number of rotatable bonds is 4. The van der Waals surface area contributed by atoms with E-state index in [1.807, 2.05) is 0 Å². The molecule has 1 aliphatic heterocycles. The van der Waals surface area contributed by atoms with Crippen LogP contribution < -0.4 is 5.32 Å². The zero-order valence-electron chi connectivity index (χ0n) is 18.0. The van der Waals surface area contributed by atoms with Crippen molar-refractivity contribution in [3.8, 4) is 0 Å². The number of alkyl halides is 3. The number of ether oxygens (including phenoxy) is 1. The average molecular weight is 440 g/mol. The normalized spacial score (nSPS) is 17.7. The van der Waals surface area contributed by atoms with E-state index >= 15 is 0 Å². The number of fused-ring (bicyclic) bond motifs is 1. The quantitative estimate of drug-likeness (QED) is 0.628. The summed E-state index contributed by atoms with van der Waals surface area (Å²) >= 11 is 0. The number of anilines is 2. The molecule has 31 heavy (non-hydrogen) atoms. The molecule has 164 valence electrons. The Morgan fingerprint density at radius 1 is 1.23 bits per heavy atom. The van der Waals surface area contributed by atoms with Gasteiger partial charge >= 0.3 is 6.18 Å². The van der Waals surface area contributed by atoms with E-state index in [2.05, 4.69) is 20.4 Å². The molecule has 1 saturated heterocycles. The van der Waals surface area contributed by atoms with E-state index in [4.69, 9.17) is 7.48 Å². The predicted molar refractivity (Wildman–Crippen MR) is 102 cm³/mol. The molecule has 12 heteroatoms. The third-order valence-electron chi connectivity index (χ3n) is 4.46. The van der Waals surface area contributed by atoms with Crippen molar-refractivity contribution in [3.05, 3.63) is 42.1 Å². The number of nitrogens with one attached hydrogen (secondary N) is 1. The molecular formula is C19H18F4N6O2. The zero-order valence-corrected chi connectivity index (χ0v) is 16.0. The maximum Gasteiger partial charge on any atom is 0.408 e. The van der Waals surface area contributed by atoms with Crippen LogP contribution in [0, 0.1) is 5.82 Å². The average Bonchev–Trinajstić information content (AvgIpc) is 2.93. The molecule has 0 bridgehead atoms. The van der Waals surface area contributed by atoms with Crippen LogP contribution in [0.2, 0.25) is 0 Å². The Hall–Kier alpha value is -3.28. The number of pyridine rings is 2. The highest BCUT2D eigenvalue weighted by molar-refractivity contribution is 5.98. The van der Waals surface area contributed by atoms with Gasteiger partial charge in [0.1, 0.15) is 23.9 Å². The number of hydrogen-bond acceptors (Lipinski definition) is 6. The Morgan fingerprint density at radius 3 is 2.81 bits per heavy atom. The Balaban J connectivity index is 1.71. The van der Waals surface area contributed by atoms with E-state index in [9.17, 15) is 22.4 Å². The molecule has 0 unspecified atom stereocenters. The summed E-state index contributed by atoms with van der Waals surface area (Å²) in [5.41, 5.74) is -0.167. The van der Waals surface area contributed by atoms with E-state index < -0.39 is 30.8 Å². The van der Waals surface area contributed by atoms with Crippen molar-refractivity contribution < 1.29 is 29.8 Å². The number of nitrogens with zero attached hydrogens (tertiary/aromatic N) is 5. The lowest BCUT2D eigenvalue weighted by Gasteiger charge is -2.19. The van der Waals surface area contributed by atoms with Crippen LogP contribution in [-0.2, 0) is 11.3 Å². The van der Waals surface area contributed by atoms with Crippen molar-refractivity contribution in [3.63, 3.8) is 0 Å². The van der Waals surface area contributed by atoms with Crippen molar-refractivity contribution >= 4 is 28.4 Å². The van der Waals surface area contributed by atoms with E-state index in [1.54, 1.807) is 0 Å². The molecule has 0 spiro atoms. The Bertz CT molecular complexity index is 1170. The molecule has 1 aliphatic rings. The van der Waals surface area contributed by atoms with Gasteiger partial charge in [-0.25, -0.2) is 9.37 Å². The van der Waals surface area contributed by atoms with Crippen LogP contribution in [0.4, 0.5) is 29.2 Å². The Morgan fingerprint density at radius 2 is 2.06 bits per heavy atom. The monoisotopic (exact) mass is 440 g/mol. The van der Waals surface area contributed by atoms with Gasteiger partial charge in [-0.05, 0) is 24.6 Å². The molecule has 0 aromatic carbocycles. The third-order valence-corrected chi connectivity index (χ3v) is 4.46. The maximum atomic E-state index is 13.1. The van der Waals surface area contributed by atoms with Crippen LogP contribution >= 0.6 is 0 Å². The topological polar surface area (TPSA) is 85.2 Å². The molecule has 0 aliphatic carbocycles. The first-order chi connectivity index (χ1) is 15.5.